The number of nitrogens with zero attached hydrogens (tertiary/aromatic N) is 1. The summed E-state index contributed by atoms with van der Waals surface area (Å²) in [5, 5.41) is 0. The molecule has 0 aliphatic heterocycles. The van der Waals surface area contributed by atoms with Gasteiger partial charge in [0.25, 0.3) is 0 Å². The molecule has 0 aromatic heterocycles. The molecule has 0 saturated carbocycles. The van der Waals surface area contributed by atoms with Gasteiger partial charge in [-0.05, 0) is 29.8 Å². The molecular formula is C15H13NO2. The van der Waals surface area contributed by atoms with E-state index in [1.807, 2.05) is 42.5 Å². The van der Waals surface area contributed by atoms with Gasteiger partial charge in [-0.1, -0.05) is 30.3 Å². The summed E-state index contributed by atoms with van der Waals surface area (Å²) in [6.07, 6.45) is 1.76. The Kier molecular flexibility index (Phi) is 3.86. The molecule has 0 unspecified atom stereocenters. The first kappa shape index (κ1) is 12.0. The van der Waals surface area contributed by atoms with Gasteiger partial charge in [-0.2, -0.15) is 0 Å². The zero-order valence-electron chi connectivity index (χ0n) is 10.0. The van der Waals surface area contributed by atoms with E-state index in [-0.39, 0.29) is 5.97 Å². The standard InChI is InChI=1S/C15H13NO2/c1-18-15(17)13-9-7-12(8-10-13)11-16-14-5-3-2-4-6-14/h2-11H,1H3/b16-11+. The number of carbonyl (C=O) groups is 1. The van der Waals surface area contributed by atoms with Crippen molar-refractivity contribution in [2.75, 3.05) is 7.11 Å². The maximum absolute atomic E-state index is 11.2. The number of ether oxygens (including phenoxy) is 1. The van der Waals surface area contributed by atoms with E-state index in [1.165, 1.54) is 7.11 Å². The summed E-state index contributed by atoms with van der Waals surface area (Å²) < 4.78 is 4.63. The Bertz CT molecular complexity index is 544. The van der Waals surface area contributed by atoms with Crippen LogP contribution in [0.2, 0.25) is 0 Å². The average molecular weight is 239 g/mol. The topological polar surface area (TPSA) is 38.7 Å². The number of rotatable bonds is 3. The van der Waals surface area contributed by atoms with Crippen LogP contribution in [0.3, 0.4) is 0 Å². The van der Waals surface area contributed by atoms with Crippen LogP contribution in [0.1, 0.15) is 15.9 Å². The highest BCUT2D eigenvalue weighted by Crippen LogP contribution is 2.10. The Hall–Kier alpha value is -2.42. The number of methoxy groups -OCH3 is 1. The Balaban J connectivity index is 2.11. The number of benzene rings is 2. The largest absolute Gasteiger partial charge is 0.465 e. The van der Waals surface area contributed by atoms with Crippen molar-refractivity contribution in [2.45, 2.75) is 0 Å². The normalized spacial score (nSPS) is 10.5. The van der Waals surface area contributed by atoms with Gasteiger partial charge >= 0.3 is 5.97 Å². The molecule has 2 aromatic carbocycles. The van der Waals surface area contributed by atoms with E-state index in [1.54, 1.807) is 18.3 Å². The monoisotopic (exact) mass is 239 g/mol. The third-order valence-electron chi connectivity index (χ3n) is 2.45. The number of aliphatic imine (C=N–C) groups is 1. The van der Waals surface area contributed by atoms with Crippen LogP contribution >= 0.6 is 0 Å². The smallest absolute Gasteiger partial charge is 0.337 e. The van der Waals surface area contributed by atoms with Crippen LogP contribution in [0.15, 0.2) is 59.6 Å². The summed E-state index contributed by atoms with van der Waals surface area (Å²) in [5.74, 6) is -0.332. The molecule has 0 radical (unpaired) electrons. The number of para-hydroxylation sites is 1. The average Bonchev–Trinajstić information content (AvgIpc) is 2.46. The predicted octanol–water partition coefficient (Wildman–Crippen LogP) is 3.22. The van der Waals surface area contributed by atoms with Gasteiger partial charge in [0.1, 0.15) is 0 Å². The maximum atomic E-state index is 11.2. The molecule has 2 rings (SSSR count). The lowest BCUT2D eigenvalue weighted by Gasteiger charge is -1.99. The summed E-state index contributed by atoms with van der Waals surface area (Å²) in [6, 6.07) is 16.8. The summed E-state index contributed by atoms with van der Waals surface area (Å²) in [7, 11) is 1.37. The Morgan fingerprint density at radius 2 is 1.72 bits per heavy atom. The van der Waals surface area contributed by atoms with E-state index in [0.717, 1.165) is 11.3 Å². The van der Waals surface area contributed by atoms with Gasteiger partial charge in [0.05, 0.1) is 18.4 Å². The number of esters is 1. The number of hydrogen-bond acceptors (Lipinski definition) is 3. The molecule has 0 saturated heterocycles. The van der Waals surface area contributed by atoms with Crippen LogP contribution in [0.25, 0.3) is 0 Å². The van der Waals surface area contributed by atoms with Crippen LogP contribution in [-0.2, 0) is 4.74 Å². The molecule has 0 spiro atoms. The van der Waals surface area contributed by atoms with Crippen molar-refractivity contribution in [3.8, 4) is 0 Å². The summed E-state index contributed by atoms with van der Waals surface area (Å²) in [5.41, 5.74) is 2.37. The molecule has 0 fully saturated rings. The lowest BCUT2D eigenvalue weighted by Crippen LogP contribution is -2.00. The van der Waals surface area contributed by atoms with Crippen molar-refractivity contribution in [3.63, 3.8) is 0 Å². The van der Waals surface area contributed by atoms with E-state index in [2.05, 4.69) is 9.73 Å². The third-order valence-corrected chi connectivity index (χ3v) is 2.45. The Morgan fingerprint density at radius 3 is 2.33 bits per heavy atom. The van der Waals surface area contributed by atoms with E-state index in [4.69, 9.17) is 0 Å². The molecule has 0 amide bonds. The Labute approximate surface area is 106 Å². The van der Waals surface area contributed by atoms with Crippen LogP contribution in [0.5, 0.6) is 0 Å². The number of hydrogen-bond donors (Lipinski definition) is 0. The van der Waals surface area contributed by atoms with Crippen molar-refractivity contribution >= 4 is 17.9 Å². The van der Waals surface area contributed by atoms with Crippen molar-refractivity contribution in [2.24, 2.45) is 4.99 Å². The van der Waals surface area contributed by atoms with E-state index in [9.17, 15) is 4.79 Å². The van der Waals surface area contributed by atoms with Gasteiger partial charge in [-0.3, -0.25) is 4.99 Å². The summed E-state index contributed by atoms with van der Waals surface area (Å²) in [4.78, 5) is 15.6. The van der Waals surface area contributed by atoms with E-state index in [0.29, 0.717) is 5.56 Å². The molecule has 0 bridgehead atoms. The molecule has 3 heteroatoms. The minimum atomic E-state index is -0.332. The summed E-state index contributed by atoms with van der Waals surface area (Å²) in [6.45, 7) is 0. The van der Waals surface area contributed by atoms with Gasteiger partial charge in [-0.25, -0.2) is 4.79 Å². The van der Waals surface area contributed by atoms with Gasteiger partial charge in [0, 0.05) is 6.21 Å². The first-order valence-electron chi connectivity index (χ1n) is 5.57. The maximum Gasteiger partial charge on any atom is 0.337 e. The Morgan fingerprint density at radius 1 is 1.06 bits per heavy atom. The zero-order valence-corrected chi connectivity index (χ0v) is 10.0. The molecule has 3 nitrogen and oxygen atoms in total. The lowest BCUT2D eigenvalue weighted by molar-refractivity contribution is 0.0601. The van der Waals surface area contributed by atoms with Crippen LogP contribution in [0, 0.1) is 0 Å². The van der Waals surface area contributed by atoms with Crippen molar-refractivity contribution in [1.82, 2.24) is 0 Å². The minimum Gasteiger partial charge on any atom is -0.465 e. The predicted molar refractivity (Wildman–Crippen MR) is 71.5 cm³/mol. The number of carbonyl (C=O) groups excluding carboxylic acids is 1. The second-order valence-corrected chi connectivity index (χ2v) is 3.71. The molecular weight excluding hydrogens is 226 g/mol. The van der Waals surface area contributed by atoms with Crippen LogP contribution in [-0.4, -0.2) is 19.3 Å². The lowest BCUT2D eigenvalue weighted by atomic mass is 10.1. The molecule has 90 valence electrons. The highest BCUT2D eigenvalue weighted by atomic mass is 16.5. The molecule has 0 aliphatic carbocycles. The van der Waals surface area contributed by atoms with Gasteiger partial charge in [0.2, 0.25) is 0 Å². The van der Waals surface area contributed by atoms with Crippen molar-refractivity contribution < 1.29 is 9.53 Å². The van der Waals surface area contributed by atoms with Gasteiger partial charge < -0.3 is 4.74 Å². The van der Waals surface area contributed by atoms with Crippen molar-refractivity contribution in [1.29, 1.82) is 0 Å². The van der Waals surface area contributed by atoms with E-state index < -0.39 is 0 Å². The summed E-state index contributed by atoms with van der Waals surface area (Å²) >= 11 is 0. The highest BCUT2D eigenvalue weighted by Gasteiger charge is 2.03. The second-order valence-electron chi connectivity index (χ2n) is 3.71. The fourth-order valence-electron chi connectivity index (χ4n) is 1.49. The SMILES string of the molecule is COC(=O)c1ccc(/C=N/c2ccccc2)cc1. The van der Waals surface area contributed by atoms with Crippen molar-refractivity contribution in [3.05, 3.63) is 65.7 Å². The molecule has 0 heterocycles. The van der Waals surface area contributed by atoms with Crippen LogP contribution in [0.4, 0.5) is 5.69 Å². The first-order chi connectivity index (χ1) is 8.79. The second kappa shape index (κ2) is 5.77. The van der Waals surface area contributed by atoms with Gasteiger partial charge in [0.15, 0.2) is 0 Å². The molecule has 0 atom stereocenters. The van der Waals surface area contributed by atoms with E-state index >= 15 is 0 Å². The molecule has 2 aromatic rings. The molecule has 18 heavy (non-hydrogen) atoms. The van der Waals surface area contributed by atoms with Gasteiger partial charge in [-0.15, -0.1) is 0 Å². The minimum absolute atomic E-state index is 0.332. The molecule has 0 aliphatic rings. The third kappa shape index (κ3) is 3.04. The fraction of sp³-hybridized carbons (Fsp3) is 0.0667. The highest BCUT2D eigenvalue weighted by molar-refractivity contribution is 5.90. The zero-order chi connectivity index (χ0) is 12.8. The van der Waals surface area contributed by atoms with Crippen LogP contribution < -0.4 is 0 Å². The molecule has 0 N–H and O–H groups in total. The quantitative estimate of drug-likeness (QED) is 0.609. The fourth-order valence-corrected chi connectivity index (χ4v) is 1.49. The first-order valence-corrected chi connectivity index (χ1v) is 5.57.